The van der Waals surface area contributed by atoms with E-state index >= 15 is 0 Å². The van der Waals surface area contributed by atoms with Crippen molar-refractivity contribution in [2.24, 2.45) is 5.73 Å². The van der Waals surface area contributed by atoms with Crippen LogP contribution in [0.1, 0.15) is 18.4 Å². The molecular formula is C10H11BrN2O2. The summed E-state index contributed by atoms with van der Waals surface area (Å²) < 4.78 is 0.581. The van der Waals surface area contributed by atoms with E-state index in [1.54, 1.807) is 6.07 Å². The molecule has 15 heavy (non-hydrogen) atoms. The lowest BCUT2D eigenvalue weighted by atomic mass is 9.96. The molecule has 0 atom stereocenters. The zero-order valence-electron chi connectivity index (χ0n) is 8.07. The van der Waals surface area contributed by atoms with Gasteiger partial charge in [-0.05, 0) is 34.3 Å². The van der Waals surface area contributed by atoms with Crippen molar-refractivity contribution in [2.75, 3.05) is 6.54 Å². The first-order chi connectivity index (χ1) is 7.10. The molecule has 0 radical (unpaired) electrons. The van der Waals surface area contributed by atoms with Crippen molar-refractivity contribution in [3.8, 4) is 0 Å². The summed E-state index contributed by atoms with van der Waals surface area (Å²) in [4.78, 5) is 10.4. The van der Waals surface area contributed by atoms with Crippen LogP contribution in [0.4, 0.5) is 5.69 Å². The fourth-order valence-electron chi connectivity index (χ4n) is 1.80. The third kappa shape index (κ3) is 1.66. The summed E-state index contributed by atoms with van der Waals surface area (Å²) in [5.41, 5.74) is 6.77. The van der Waals surface area contributed by atoms with Crippen LogP contribution in [0.2, 0.25) is 0 Å². The fraction of sp³-hybridized carbons (Fsp3) is 0.400. The zero-order chi connectivity index (χ0) is 11.1. The van der Waals surface area contributed by atoms with Crippen LogP contribution < -0.4 is 5.73 Å². The molecule has 0 unspecified atom stereocenters. The average molecular weight is 271 g/mol. The lowest BCUT2D eigenvalue weighted by Crippen LogP contribution is -2.20. The average Bonchev–Trinajstić information content (AvgIpc) is 2.98. The van der Waals surface area contributed by atoms with Crippen LogP contribution in [0.3, 0.4) is 0 Å². The fourth-order valence-corrected chi connectivity index (χ4v) is 2.63. The minimum Gasteiger partial charge on any atom is -0.330 e. The Labute approximate surface area is 95.7 Å². The summed E-state index contributed by atoms with van der Waals surface area (Å²) in [6, 6.07) is 5.13. The maximum absolute atomic E-state index is 10.8. The summed E-state index contributed by atoms with van der Waals surface area (Å²) in [7, 11) is 0. The Hall–Kier alpha value is -0.940. The van der Waals surface area contributed by atoms with E-state index in [1.165, 1.54) is 6.07 Å². The van der Waals surface area contributed by atoms with Crippen molar-refractivity contribution in [3.05, 3.63) is 38.3 Å². The second-order valence-corrected chi connectivity index (χ2v) is 4.67. The number of hydrogen-bond acceptors (Lipinski definition) is 3. The predicted octanol–water partition coefficient (Wildman–Crippen LogP) is 2.35. The van der Waals surface area contributed by atoms with Gasteiger partial charge in [0.1, 0.15) is 0 Å². The molecule has 0 bridgehead atoms. The molecule has 1 aromatic rings. The molecule has 0 aromatic heterocycles. The molecule has 0 spiro atoms. The highest BCUT2D eigenvalue weighted by molar-refractivity contribution is 9.10. The number of hydrogen-bond donors (Lipinski definition) is 1. The lowest BCUT2D eigenvalue weighted by Gasteiger charge is -2.14. The number of nitrogens with two attached hydrogens (primary N) is 1. The van der Waals surface area contributed by atoms with E-state index in [1.807, 2.05) is 6.07 Å². The van der Waals surface area contributed by atoms with Crippen LogP contribution in [0, 0.1) is 10.1 Å². The minimum absolute atomic E-state index is 0.0230. The minimum atomic E-state index is -0.375. The van der Waals surface area contributed by atoms with Crippen molar-refractivity contribution in [1.29, 1.82) is 0 Å². The SMILES string of the molecule is NCC1(c2cccc([N+](=O)[O-])c2Br)CC1. The highest BCUT2D eigenvalue weighted by Gasteiger charge is 2.45. The summed E-state index contributed by atoms with van der Waals surface area (Å²) in [5, 5.41) is 10.8. The van der Waals surface area contributed by atoms with Gasteiger partial charge in [0.2, 0.25) is 0 Å². The highest BCUT2D eigenvalue weighted by atomic mass is 79.9. The topological polar surface area (TPSA) is 69.2 Å². The quantitative estimate of drug-likeness (QED) is 0.677. The van der Waals surface area contributed by atoms with Crippen molar-refractivity contribution < 1.29 is 4.92 Å². The van der Waals surface area contributed by atoms with Gasteiger partial charge in [-0.15, -0.1) is 0 Å². The lowest BCUT2D eigenvalue weighted by molar-refractivity contribution is -0.385. The molecule has 5 heteroatoms. The van der Waals surface area contributed by atoms with Gasteiger partial charge in [0.15, 0.2) is 0 Å². The number of nitrogens with zero attached hydrogens (tertiary/aromatic N) is 1. The number of rotatable bonds is 3. The standard InChI is InChI=1S/C10H11BrN2O2/c11-9-7(10(6-12)4-5-10)2-1-3-8(9)13(14)15/h1-3H,4-6,12H2. The molecule has 2 rings (SSSR count). The van der Waals surface area contributed by atoms with E-state index in [-0.39, 0.29) is 16.0 Å². The Balaban J connectivity index is 2.50. The second kappa shape index (κ2) is 3.57. The number of nitro benzene ring substituents is 1. The molecule has 1 aromatic carbocycles. The summed E-state index contributed by atoms with van der Waals surface area (Å²) >= 11 is 3.30. The Bertz CT molecular complexity index is 416. The molecule has 1 saturated carbocycles. The predicted molar refractivity (Wildman–Crippen MR) is 60.8 cm³/mol. The largest absolute Gasteiger partial charge is 0.330 e. The van der Waals surface area contributed by atoms with Gasteiger partial charge >= 0.3 is 0 Å². The Kier molecular flexibility index (Phi) is 2.52. The molecule has 4 nitrogen and oxygen atoms in total. The normalized spacial score (nSPS) is 17.5. The Morgan fingerprint density at radius 3 is 2.67 bits per heavy atom. The third-order valence-electron chi connectivity index (χ3n) is 2.99. The molecule has 1 fully saturated rings. The number of benzene rings is 1. The summed E-state index contributed by atoms with van der Waals surface area (Å²) in [5.74, 6) is 0. The van der Waals surface area contributed by atoms with Crippen molar-refractivity contribution in [3.63, 3.8) is 0 Å². The van der Waals surface area contributed by atoms with E-state index in [4.69, 9.17) is 5.73 Å². The number of halogens is 1. The van der Waals surface area contributed by atoms with E-state index in [2.05, 4.69) is 15.9 Å². The maximum Gasteiger partial charge on any atom is 0.283 e. The first-order valence-electron chi connectivity index (χ1n) is 4.74. The van der Waals surface area contributed by atoms with Crippen molar-refractivity contribution in [2.45, 2.75) is 18.3 Å². The molecule has 1 aliphatic rings. The summed E-state index contributed by atoms with van der Waals surface area (Å²) in [6.45, 7) is 0.548. The molecule has 80 valence electrons. The monoisotopic (exact) mass is 270 g/mol. The van der Waals surface area contributed by atoms with Crippen LogP contribution in [-0.4, -0.2) is 11.5 Å². The van der Waals surface area contributed by atoms with Gasteiger partial charge in [0, 0.05) is 18.0 Å². The molecule has 0 aliphatic heterocycles. The van der Waals surface area contributed by atoms with Crippen LogP contribution >= 0.6 is 15.9 Å². The van der Waals surface area contributed by atoms with Crippen LogP contribution in [0.5, 0.6) is 0 Å². The van der Waals surface area contributed by atoms with E-state index in [9.17, 15) is 10.1 Å². The van der Waals surface area contributed by atoms with Gasteiger partial charge in [-0.1, -0.05) is 12.1 Å². The van der Waals surface area contributed by atoms with Gasteiger partial charge in [-0.3, -0.25) is 10.1 Å². The molecule has 0 saturated heterocycles. The van der Waals surface area contributed by atoms with Gasteiger partial charge in [0.25, 0.3) is 5.69 Å². The van der Waals surface area contributed by atoms with Crippen LogP contribution in [-0.2, 0) is 5.41 Å². The van der Waals surface area contributed by atoms with E-state index < -0.39 is 0 Å². The highest BCUT2D eigenvalue weighted by Crippen LogP contribution is 2.51. The first-order valence-corrected chi connectivity index (χ1v) is 5.53. The zero-order valence-corrected chi connectivity index (χ0v) is 9.66. The third-order valence-corrected chi connectivity index (χ3v) is 3.82. The van der Waals surface area contributed by atoms with Gasteiger partial charge in [0.05, 0.1) is 9.40 Å². The molecule has 1 aliphatic carbocycles. The second-order valence-electron chi connectivity index (χ2n) is 3.88. The summed E-state index contributed by atoms with van der Waals surface area (Å²) in [6.07, 6.45) is 2.03. The molecule has 0 amide bonds. The first kappa shape index (κ1) is 10.6. The van der Waals surface area contributed by atoms with E-state index in [0.717, 1.165) is 18.4 Å². The maximum atomic E-state index is 10.8. The molecular weight excluding hydrogens is 260 g/mol. The molecule has 2 N–H and O–H groups in total. The smallest absolute Gasteiger partial charge is 0.283 e. The van der Waals surface area contributed by atoms with Crippen molar-refractivity contribution >= 4 is 21.6 Å². The van der Waals surface area contributed by atoms with Gasteiger partial charge in [-0.2, -0.15) is 0 Å². The van der Waals surface area contributed by atoms with Gasteiger partial charge < -0.3 is 5.73 Å². The van der Waals surface area contributed by atoms with Gasteiger partial charge in [-0.25, -0.2) is 0 Å². The van der Waals surface area contributed by atoms with Crippen molar-refractivity contribution in [1.82, 2.24) is 0 Å². The number of nitro groups is 1. The van der Waals surface area contributed by atoms with Crippen LogP contribution in [0.15, 0.2) is 22.7 Å². The Morgan fingerprint density at radius 1 is 1.53 bits per heavy atom. The molecule has 0 heterocycles. The Morgan fingerprint density at radius 2 is 2.20 bits per heavy atom. The van der Waals surface area contributed by atoms with E-state index in [0.29, 0.717) is 11.0 Å². The van der Waals surface area contributed by atoms with Crippen LogP contribution in [0.25, 0.3) is 0 Å².